The largest absolute Gasteiger partial charge is 0.494 e. The van der Waals surface area contributed by atoms with Gasteiger partial charge in [-0.1, -0.05) is 12.1 Å². The van der Waals surface area contributed by atoms with Crippen molar-refractivity contribution in [3.05, 3.63) is 35.9 Å². The van der Waals surface area contributed by atoms with E-state index in [0.717, 1.165) is 11.3 Å². The second kappa shape index (κ2) is 7.27. The molecule has 1 heterocycles. The average molecular weight is 289 g/mol. The van der Waals surface area contributed by atoms with Gasteiger partial charge in [-0.25, -0.2) is 0 Å². The van der Waals surface area contributed by atoms with E-state index in [1.165, 1.54) is 0 Å². The summed E-state index contributed by atoms with van der Waals surface area (Å²) >= 11 is 0. The van der Waals surface area contributed by atoms with Gasteiger partial charge < -0.3 is 14.4 Å². The van der Waals surface area contributed by atoms with Gasteiger partial charge in [0, 0.05) is 12.6 Å². The Kier molecular flexibility index (Phi) is 5.39. The molecule has 114 valence electrons. The number of hydrogen-bond donors (Lipinski definition) is 0. The lowest BCUT2D eigenvalue weighted by Crippen LogP contribution is -2.49. The molecule has 0 radical (unpaired) electrons. The van der Waals surface area contributed by atoms with Gasteiger partial charge in [0.1, 0.15) is 5.75 Å². The Labute approximate surface area is 126 Å². The number of hydrogen-bond acceptors (Lipinski definition) is 3. The maximum absolute atomic E-state index is 12.3. The van der Waals surface area contributed by atoms with Crippen LogP contribution in [-0.4, -0.2) is 42.7 Å². The Morgan fingerprint density at radius 1 is 1.38 bits per heavy atom. The second-order valence-corrected chi connectivity index (χ2v) is 5.32. The quantitative estimate of drug-likeness (QED) is 0.800. The number of nitrogens with zero attached hydrogens (tertiary/aromatic N) is 1. The fourth-order valence-corrected chi connectivity index (χ4v) is 2.32. The van der Waals surface area contributed by atoms with E-state index >= 15 is 0 Å². The van der Waals surface area contributed by atoms with E-state index in [1.54, 1.807) is 6.08 Å². The molecule has 2 atom stereocenters. The van der Waals surface area contributed by atoms with E-state index in [1.807, 2.05) is 56.0 Å². The van der Waals surface area contributed by atoms with Crippen LogP contribution < -0.4 is 4.74 Å². The van der Waals surface area contributed by atoms with Gasteiger partial charge in [-0.05, 0) is 44.5 Å². The third-order valence-electron chi connectivity index (χ3n) is 3.50. The van der Waals surface area contributed by atoms with Crippen LogP contribution in [-0.2, 0) is 9.53 Å². The Morgan fingerprint density at radius 3 is 2.76 bits per heavy atom. The lowest BCUT2D eigenvalue weighted by atomic mass is 10.1. The first kappa shape index (κ1) is 15.6. The Balaban J connectivity index is 1.97. The number of ether oxygens (including phenoxy) is 2. The zero-order valence-corrected chi connectivity index (χ0v) is 12.9. The molecule has 1 aromatic carbocycles. The molecule has 0 aliphatic carbocycles. The molecule has 1 fully saturated rings. The minimum Gasteiger partial charge on any atom is -0.494 e. The van der Waals surface area contributed by atoms with Crippen molar-refractivity contribution in [1.82, 2.24) is 4.90 Å². The first-order valence-corrected chi connectivity index (χ1v) is 7.43. The van der Waals surface area contributed by atoms with Crippen molar-refractivity contribution >= 4 is 12.0 Å². The van der Waals surface area contributed by atoms with E-state index < -0.39 is 0 Å². The molecule has 1 aliphatic rings. The molecule has 0 aromatic heterocycles. The van der Waals surface area contributed by atoms with Crippen LogP contribution in [0.4, 0.5) is 0 Å². The zero-order chi connectivity index (χ0) is 15.2. The maximum Gasteiger partial charge on any atom is 0.246 e. The number of carbonyl (C=O) groups excluding carboxylic acids is 1. The topological polar surface area (TPSA) is 38.8 Å². The highest BCUT2D eigenvalue weighted by Crippen LogP contribution is 2.15. The van der Waals surface area contributed by atoms with Crippen molar-refractivity contribution in [1.29, 1.82) is 0 Å². The minimum absolute atomic E-state index is 0.0338. The van der Waals surface area contributed by atoms with E-state index in [2.05, 4.69) is 0 Å². The van der Waals surface area contributed by atoms with Gasteiger partial charge in [0.25, 0.3) is 0 Å². The summed E-state index contributed by atoms with van der Waals surface area (Å²) in [6.45, 7) is 7.85. The number of carbonyl (C=O) groups is 1. The summed E-state index contributed by atoms with van der Waals surface area (Å²) in [7, 11) is 0. The van der Waals surface area contributed by atoms with Gasteiger partial charge in [-0.15, -0.1) is 0 Å². The first-order chi connectivity index (χ1) is 10.1. The van der Waals surface area contributed by atoms with Gasteiger partial charge >= 0.3 is 0 Å². The van der Waals surface area contributed by atoms with Crippen LogP contribution in [0.15, 0.2) is 30.3 Å². The predicted octanol–water partition coefficient (Wildman–Crippen LogP) is 2.73. The molecule has 1 aromatic rings. The highest BCUT2D eigenvalue weighted by Gasteiger charge is 2.25. The fraction of sp³-hybridized carbons (Fsp3) is 0.471. The van der Waals surface area contributed by atoms with Crippen molar-refractivity contribution in [2.24, 2.45) is 0 Å². The molecular formula is C17H23NO3. The molecule has 4 nitrogen and oxygen atoms in total. The monoisotopic (exact) mass is 289 g/mol. The van der Waals surface area contributed by atoms with E-state index in [4.69, 9.17) is 9.47 Å². The fourth-order valence-electron chi connectivity index (χ4n) is 2.32. The molecule has 0 spiro atoms. The molecule has 0 N–H and O–H groups in total. The van der Waals surface area contributed by atoms with Crippen LogP contribution in [0, 0.1) is 0 Å². The van der Waals surface area contributed by atoms with Crippen molar-refractivity contribution in [2.45, 2.75) is 32.9 Å². The van der Waals surface area contributed by atoms with E-state index in [-0.39, 0.29) is 18.1 Å². The Hall–Kier alpha value is -1.81. The Morgan fingerprint density at radius 2 is 2.10 bits per heavy atom. The maximum atomic E-state index is 12.3. The molecule has 2 rings (SSSR count). The van der Waals surface area contributed by atoms with Gasteiger partial charge in [0.2, 0.25) is 5.91 Å². The van der Waals surface area contributed by atoms with Crippen LogP contribution in [0.1, 0.15) is 26.3 Å². The zero-order valence-electron chi connectivity index (χ0n) is 12.9. The summed E-state index contributed by atoms with van der Waals surface area (Å²) in [5.74, 6) is 0.878. The molecule has 1 saturated heterocycles. The van der Waals surface area contributed by atoms with Crippen LogP contribution >= 0.6 is 0 Å². The van der Waals surface area contributed by atoms with Gasteiger partial charge in [0.05, 0.1) is 25.4 Å². The molecule has 0 saturated carbocycles. The third kappa shape index (κ3) is 4.33. The first-order valence-electron chi connectivity index (χ1n) is 7.43. The molecule has 1 aliphatic heterocycles. The molecule has 1 amide bonds. The van der Waals surface area contributed by atoms with Gasteiger partial charge in [-0.3, -0.25) is 4.79 Å². The Bertz CT molecular complexity index is 495. The smallest absolute Gasteiger partial charge is 0.246 e. The number of amides is 1. The number of rotatable bonds is 4. The third-order valence-corrected chi connectivity index (χ3v) is 3.50. The summed E-state index contributed by atoms with van der Waals surface area (Å²) in [6, 6.07) is 7.83. The lowest BCUT2D eigenvalue weighted by molar-refractivity contribution is -0.137. The number of morpholine rings is 1. The summed E-state index contributed by atoms with van der Waals surface area (Å²) in [4.78, 5) is 14.1. The lowest BCUT2D eigenvalue weighted by Gasteiger charge is -2.36. The normalized spacial score (nSPS) is 22.5. The highest BCUT2D eigenvalue weighted by atomic mass is 16.5. The van der Waals surface area contributed by atoms with Gasteiger partial charge in [0.15, 0.2) is 0 Å². The minimum atomic E-state index is 0.0338. The van der Waals surface area contributed by atoms with Crippen LogP contribution in [0.2, 0.25) is 0 Å². The molecular weight excluding hydrogens is 266 g/mol. The molecule has 4 heteroatoms. The van der Waals surface area contributed by atoms with Gasteiger partial charge in [-0.2, -0.15) is 0 Å². The summed E-state index contributed by atoms with van der Waals surface area (Å²) in [6.07, 6.45) is 3.57. The summed E-state index contributed by atoms with van der Waals surface area (Å²) in [5.41, 5.74) is 0.987. The van der Waals surface area contributed by atoms with Crippen molar-refractivity contribution in [2.75, 3.05) is 19.8 Å². The van der Waals surface area contributed by atoms with Crippen LogP contribution in [0.25, 0.3) is 6.08 Å². The van der Waals surface area contributed by atoms with Crippen molar-refractivity contribution in [3.63, 3.8) is 0 Å². The van der Waals surface area contributed by atoms with Crippen LogP contribution in [0.3, 0.4) is 0 Å². The van der Waals surface area contributed by atoms with E-state index in [0.29, 0.717) is 19.8 Å². The summed E-state index contributed by atoms with van der Waals surface area (Å²) < 4.78 is 10.9. The summed E-state index contributed by atoms with van der Waals surface area (Å²) in [5, 5.41) is 0. The molecule has 2 unspecified atom stereocenters. The SMILES string of the molecule is CCOc1ccc(/C=C/C(=O)N2CC(C)OCC2C)cc1. The average Bonchev–Trinajstić information content (AvgIpc) is 2.49. The second-order valence-electron chi connectivity index (χ2n) is 5.32. The predicted molar refractivity (Wildman–Crippen MR) is 83.2 cm³/mol. The van der Waals surface area contributed by atoms with Crippen molar-refractivity contribution < 1.29 is 14.3 Å². The standard InChI is InChI=1S/C17H23NO3/c1-4-20-16-8-5-15(6-9-16)7-10-17(19)18-11-14(3)21-12-13(18)2/h5-10,13-14H,4,11-12H2,1-3H3/b10-7+. The van der Waals surface area contributed by atoms with E-state index in [9.17, 15) is 4.79 Å². The highest BCUT2D eigenvalue weighted by molar-refractivity contribution is 5.92. The molecule has 21 heavy (non-hydrogen) atoms. The van der Waals surface area contributed by atoms with Crippen molar-refractivity contribution in [3.8, 4) is 5.75 Å². The number of benzene rings is 1. The van der Waals surface area contributed by atoms with Crippen LogP contribution in [0.5, 0.6) is 5.75 Å². The molecule has 0 bridgehead atoms.